The second-order valence-electron chi connectivity index (χ2n) is 5.16. The van der Waals surface area contributed by atoms with Crippen LogP contribution in [0.15, 0.2) is 42.5 Å². The summed E-state index contributed by atoms with van der Waals surface area (Å²) in [6, 6.07) is 10.3. The van der Waals surface area contributed by atoms with Gasteiger partial charge in [-0.15, -0.1) is 13.2 Å². The van der Waals surface area contributed by atoms with Crippen molar-refractivity contribution in [3.8, 4) is 11.5 Å². The third-order valence-corrected chi connectivity index (χ3v) is 3.22. The summed E-state index contributed by atoms with van der Waals surface area (Å²) >= 11 is 0. The molecule has 2 rings (SSSR count). The van der Waals surface area contributed by atoms with Crippen molar-refractivity contribution < 1.29 is 27.4 Å². The fourth-order valence-corrected chi connectivity index (χ4v) is 1.89. The molecule has 7 heteroatoms. The van der Waals surface area contributed by atoms with Crippen molar-refractivity contribution >= 4 is 11.6 Å². The molecule has 2 aromatic carbocycles. The molecule has 0 aliphatic rings. The molecular formula is C17H16F3NO3. The highest BCUT2D eigenvalue weighted by atomic mass is 19.4. The molecule has 1 amide bonds. The van der Waals surface area contributed by atoms with E-state index in [0.29, 0.717) is 11.4 Å². The molecule has 24 heavy (non-hydrogen) atoms. The van der Waals surface area contributed by atoms with E-state index in [-0.39, 0.29) is 12.4 Å². The summed E-state index contributed by atoms with van der Waals surface area (Å²) in [5.74, 6) is -0.202. The lowest BCUT2D eigenvalue weighted by molar-refractivity contribution is -0.274. The summed E-state index contributed by atoms with van der Waals surface area (Å²) in [6.45, 7) is 3.70. The topological polar surface area (TPSA) is 47.6 Å². The Balaban J connectivity index is 1.86. The molecule has 0 saturated carbocycles. The van der Waals surface area contributed by atoms with Crippen LogP contribution >= 0.6 is 0 Å². The van der Waals surface area contributed by atoms with Gasteiger partial charge in [-0.25, -0.2) is 0 Å². The van der Waals surface area contributed by atoms with Gasteiger partial charge in [0.1, 0.15) is 11.5 Å². The van der Waals surface area contributed by atoms with Crippen molar-refractivity contribution in [2.24, 2.45) is 0 Å². The highest BCUT2D eigenvalue weighted by molar-refractivity contribution is 5.91. The monoisotopic (exact) mass is 339 g/mol. The van der Waals surface area contributed by atoms with Gasteiger partial charge in [-0.2, -0.15) is 0 Å². The second-order valence-corrected chi connectivity index (χ2v) is 5.16. The maximum absolute atomic E-state index is 12.1. The quantitative estimate of drug-likeness (QED) is 0.887. The SMILES string of the molecule is Cc1ccc(OCC(=O)Nc2ccc(OC(F)(F)F)cc2)cc1C. The fraction of sp³-hybridized carbons (Fsp3) is 0.235. The lowest BCUT2D eigenvalue weighted by Gasteiger charge is -2.11. The Kier molecular flexibility index (Phi) is 5.33. The zero-order chi connectivity index (χ0) is 17.7. The highest BCUT2D eigenvalue weighted by Gasteiger charge is 2.30. The van der Waals surface area contributed by atoms with Gasteiger partial charge in [0, 0.05) is 5.69 Å². The van der Waals surface area contributed by atoms with Gasteiger partial charge in [-0.05, 0) is 61.4 Å². The molecular weight excluding hydrogens is 323 g/mol. The molecule has 0 heterocycles. The van der Waals surface area contributed by atoms with Gasteiger partial charge in [0.25, 0.3) is 5.91 Å². The predicted molar refractivity (Wildman–Crippen MR) is 83.2 cm³/mol. The molecule has 2 aromatic rings. The van der Waals surface area contributed by atoms with Crippen molar-refractivity contribution in [1.29, 1.82) is 0 Å². The van der Waals surface area contributed by atoms with E-state index >= 15 is 0 Å². The largest absolute Gasteiger partial charge is 0.573 e. The van der Waals surface area contributed by atoms with Gasteiger partial charge < -0.3 is 14.8 Å². The van der Waals surface area contributed by atoms with Gasteiger partial charge >= 0.3 is 6.36 Å². The Bertz CT molecular complexity index is 712. The minimum Gasteiger partial charge on any atom is -0.484 e. The average molecular weight is 339 g/mol. The van der Waals surface area contributed by atoms with E-state index in [2.05, 4.69) is 10.1 Å². The van der Waals surface area contributed by atoms with E-state index in [1.807, 2.05) is 26.0 Å². The van der Waals surface area contributed by atoms with Crippen LogP contribution in [0.3, 0.4) is 0 Å². The van der Waals surface area contributed by atoms with Crippen LogP contribution in [0.5, 0.6) is 11.5 Å². The number of amides is 1. The van der Waals surface area contributed by atoms with Gasteiger partial charge in [0.05, 0.1) is 0 Å². The number of ether oxygens (including phenoxy) is 2. The number of aryl methyl sites for hydroxylation is 2. The number of nitrogens with one attached hydrogen (secondary N) is 1. The van der Waals surface area contributed by atoms with E-state index in [4.69, 9.17) is 4.74 Å². The molecule has 1 N–H and O–H groups in total. The number of rotatable bonds is 5. The Hall–Kier alpha value is -2.70. The third-order valence-electron chi connectivity index (χ3n) is 3.22. The van der Waals surface area contributed by atoms with Gasteiger partial charge in [0.2, 0.25) is 0 Å². The van der Waals surface area contributed by atoms with Crippen LogP contribution in [0.2, 0.25) is 0 Å². The Morgan fingerprint density at radius 2 is 1.62 bits per heavy atom. The molecule has 4 nitrogen and oxygen atoms in total. The first kappa shape index (κ1) is 17.7. The Morgan fingerprint density at radius 3 is 2.21 bits per heavy atom. The molecule has 0 unspecified atom stereocenters. The van der Waals surface area contributed by atoms with Crippen LogP contribution in [0.25, 0.3) is 0 Å². The number of benzene rings is 2. The summed E-state index contributed by atoms with van der Waals surface area (Å²) in [7, 11) is 0. The predicted octanol–water partition coefficient (Wildman–Crippen LogP) is 4.22. The standard InChI is InChI=1S/C17H16F3NO3/c1-11-3-6-15(9-12(11)2)23-10-16(22)21-13-4-7-14(8-5-13)24-17(18,19)20/h3-9H,10H2,1-2H3,(H,21,22). The normalized spacial score (nSPS) is 11.0. The number of hydrogen-bond donors (Lipinski definition) is 1. The van der Waals surface area contributed by atoms with Gasteiger partial charge in [-0.1, -0.05) is 6.07 Å². The van der Waals surface area contributed by atoms with E-state index in [1.54, 1.807) is 6.07 Å². The lowest BCUT2D eigenvalue weighted by atomic mass is 10.1. The number of anilines is 1. The molecule has 0 spiro atoms. The summed E-state index contributed by atoms with van der Waals surface area (Å²) in [5.41, 5.74) is 2.51. The number of alkyl halides is 3. The molecule has 128 valence electrons. The third kappa shape index (κ3) is 5.49. The molecule has 0 fully saturated rings. The smallest absolute Gasteiger partial charge is 0.484 e. The second kappa shape index (κ2) is 7.25. The highest BCUT2D eigenvalue weighted by Crippen LogP contribution is 2.24. The van der Waals surface area contributed by atoms with Crippen LogP contribution in [-0.2, 0) is 4.79 Å². The fourth-order valence-electron chi connectivity index (χ4n) is 1.89. The van der Waals surface area contributed by atoms with Crippen LogP contribution in [-0.4, -0.2) is 18.9 Å². The van der Waals surface area contributed by atoms with Gasteiger partial charge in [-0.3, -0.25) is 4.79 Å². The van der Waals surface area contributed by atoms with Crippen molar-refractivity contribution in [2.75, 3.05) is 11.9 Å². The molecule has 0 aliphatic heterocycles. The maximum atomic E-state index is 12.1. The van der Waals surface area contributed by atoms with Crippen molar-refractivity contribution in [3.63, 3.8) is 0 Å². The molecule has 0 aliphatic carbocycles. The average Bonchev–Trinajstić information content (AvgIpc) is 2.49. The molecule has 0 radical (unpaired) electrons. The maximum Gasteiger partial charge on any atom is 0.573 e. The zero-order valence-corrected chi connectivity index (χ0v) is 13.1. The minimum atomic E-state index is -4.75. The molecule has 0 bridgehead atoms. The summed E-state index contributed by atoms with van der Waals surface area (Å²) in [5, 5.41) is 2.53. The van der Waals surface area contributed by atoms with Crippen molar-refractivity contribution in [1.82, 2.24) is 0 Å². The number of hydrogen-bond acceptors (Lipinski definition) is 3. The van der Waals surface area contributed by atoms with E-state index in [1.165, 1.54) is 12.1 Å². The first-order valence-corrected chi connectivity index (χ1v) is 7.09. The number of halogens is 3. The van der Waals surface area contributed by atoms with Crippen LogP contribution in [0.1, 0.15) is 11.1 Å². The summed E-state index contributed by atoms with van der Waals surface area (Å²) in [4.78, 5) is 11.8. The lowest BCUT2D eigenvalue weighted by Crippen LogP contribution is -2.20. The van der Waals surface area contributed by atoms with E-state index < -0.39 is 12.3 Å². The number of carbonyl (C=O) groups is 1. The summed E-state index contributed by atoms with van der Waals surface area (Å²) < 4.78 is 45.3. The Labute approximate surface area is 137 Å². The van der Waals surface area contributed by atoms with Crippen molar-refractivity contribution in [3.05, 3.63) is 53.6 Å². The number of carbonyl (C=O) groups excluding carboxylic acids is 1. The van der Waals surface area contributed by atoms with Crippen molar-refractivity contribution in [2.45, 2.75) is 20.2 Å². The molecule has 0 saturated heterocycles. The first-order chi connectivity index (χ1) is 11.2. The van der Waals surface area contributed by atoms with E-state index in [9.17, 15) is 18.0 Å². The minimum absolute atomic E-state index is 0.205. The van der Waals surface area contributed by atoms with Crippen LogP contribution in [0, 0.1) is 13.8 Å². The van der Waals surface area contributed by atoms with Crippen LogP contribution < -0.4 is 14.8 Å². The van der Waals surface area contributed by atoms with Crippen LogP contribution in [0.4, 0.5) is 18.9 Å². The zero-order valence-electron chi connectivity index (χ0n) is 13.1. The molecule has 0 atom stereocenters. The summed E-state index contributed by atoms with van der Waals surface area (Å²) in [6.07, 6.45) is -4.75. The van der Waals surface area contributed by atoms with Gasteiger partial charge in [0.15, 0.2) is 6.61 Å². The van der Waals surface area contributed by atoms with E-state index in [0.717, 1.165) is 23.3 Å². The Morgan fingerprint density at radius 1 is 1.00 bits per heavy atom. The molecule has 0 aromatic heterocycles. The first-order valence-electron chi connectivity index (χ1n) is 7.09.